The minimum atomic E-state index is -0.154. The molecule has 1 rings (SSSR count). The van der Waals surface area contributed by atoms with E-state index >= 15 is 0 Å². The second kappa shape index (κ2) is 6.73. The first kappa shape index (κ1) is 15.0. The summed E-state index contributed by atoms with van der Waals surface area (Å²) in [6.07, 6.45) is 5.14. The highest BCUT2D eigenvalue weighted by atomic mass is 16.1. The molecule has 19 heavy (non-hydrogen) atoms. The number of aromatic nitrogens is 2. The molecule has 0 unspecified atom stereocenters. The summed E-state index contributed by atoms with van der Waals surface area (Å²) in [4.78, 5) is 16.0. The molecule has 0 aliphatic rings. The highest BCUT2D eigenvalue weighted by Crippen LogP contribution is 2.13. The number of imidazole rings is 1. The molecule has 0 aliphatic heterocycles. The first-order chi connectivity index (χ1) is 9.01. The summed E-state index contributed by atoms with van der Waals surface area (Å²) in [5, 5.41) is 2.79. The van der Waals surface area contributed by atoms with E-state index in [2.05, 4.69) is 30.0 Å². The topological polar surface area (TPSA) is 46.9 Å². The van der Waals surface area contributed by atoms with Crippen LogP contribution in [-0.2, 0) is 31.2 Å². The lowest BCUT2D eigenvalue weighted by atomic mass is 10.2. The maximum absolute atomic E-state index is 11.5. The van der Waals surface area contributed by atoms with Crippen LogP contribution in [0.25, 0.3) is 0 Å². The van der Waals surface area contributed by atoms with Crippen LogP contribution in [0.3, 0.4) is 0 Å². The van der Waals surface area contributed by atoms with Gasteiger partial charge in [0.15, 0.2) is 0 Å². The maximum atomic E-state index is 11.5. The molecule has 102 valence electrons. The Morgan fingerprint density at radius 1 is 1.37 bits per heavy atom. The Balaban J connectivity index is 2.92. The largest absolute Gasteiger partial charge is 0.345 e. The fourth-order valence-corrected chi connectivity index (χ4v) is 1.80. The molecule has 0 aromatic carbocycles. The van der Waals surface area contributed by atoms with Gasteiger partial charge in [-0.3, -0.25) is 4.79 Å². The Kier molecular flexibility index (Phi) is 5.30. The molecule has 0 atom stereocenters. The van der Waals surface area contributed by atoms with Crippen molar-refractivity contribution < 1.29 is 4.79 Å². The highest BCUT2D eigenvalue weighted by molar-refractivity contribution is 5.91. The van der Waals surface area contributed by atoms with E-state index in [-0.39, 0.29) is 5.91 Å². The summed E-state index contributed by atoms with van der Waals surface area (Å²) in [6.45, 7) is 13.2. The van der Waals surface area contributed by atoms with Gasteiger partial charge in [-0.1, -0.05) is 18.7 Å². The van der Waals surface area contributed by atoms with Gasteiger partial charge in [0.2, 0.25) is 5.91 Å². The van der Waals surface area contributed by atoms with E-state index in [1.54, 1.807) is 6.92 Å². The SMILES string of the molecule is C=CCc1nc(CNC(=O)C(=C)C)n(C)c1CC=C. The van der Waals surface area contributed by atoms with Crippen molar-refractivity contribution in [3.05, 3.63) is 54.7 Å². The Labute approximate surface area is 114 Å². The van der Waals surface area contributed by atoms with Gasteiger partial charge in [-0.15, -0.1) is 13.2 Å². The molecule has 0 fully saturated rings. The Morgan fingerprint density at radius 3 is 2.53 bits per heavy atom. The lowest BCUT2D eigenvalue weighted by Gasteiger charge is -2.06. The third-order valence-corrected chi connectivity index (χ3v) is 2.86. The number of carbonyl (C=O) groups excluding carboxylic acids is 1. The van der Waals surface area contributed by atoms with E-state index in [4.69, 9.17) is 0 Å². The van der Waals surface area contributed by atoms with Gasteiger partial charge < -0.3 is 9.88 Å². The van der Waals surface area contributed by atoms with Crippen molar-refractivity contribution >= 4 is 5.91 Å². The second-order valence-electron chi connectivity index (χ2n) is 4.43. The molecule has 1 aromatic heterocycles. The number of nitrogens with zero attached hydrogens (tertiary/aromatic N) is 2. The van der Waals surface area contributed by atoms with Crippen molar-refractivity contribution in [1.29, 1.82) is 0 Å². The molecule has 0 aliphatic carbocycles. The molecule has 4 nitrogen and oxygen atoms in total. The third-order valence-electron chi connectivity index (χ3n) is 2.86. The minimum Gasteiger partial charge on any atom is -0.345 e. The summed E-state index contributed by atoms with van der Waals surface area (Å²) in [5.74, 6) is 0.668. The average molecular weight is 259 g/mol. The lowest BCUT2D eigenvalue weighted by molar-refractivity contribution is -0.117. The van der Waals surface area contributed by atoms with E-state index in [0.29, 0.717) is 18.5 Å². The molecule has 1 heterocycles. The van der Waals surface area contributed by atoms with Gasteiger partial charge in [-0.25, -0.2) is 4.98 Å². The predicted octanol–water partition coefficient (Wildman–Crippen LogP) is 2.07. The number of allylic oxidation sites excluding steroid dienone is 2. The van der Waals surface area contributed by atoms with Gasteiger partial charge >= 0.3 is 0 Å². The zero-order chi connectivity index (χ0) is 14.4. The number of nitrogens with one attached hydrogen (secondary N) is 1. The van der Waals surface area contributed by atoms with E-state index in [1.807, 2.05) is 23.8 Å². The summed E-state index contributed by atoms with van der Waals surface area (Å²) in [6, 6.07) is 0. The summed E-state index contributed by atoms with van der Waals surface area (Å²) in [7, 11) is 1.95. The lowest BCUT2D eigenvalue weighted by Crippen LogP contribution is -2.24. The van der Waals surface area contributed by atoms with E-state index in [1.165, 1.54) is 0 Å². The van der Waals surface area contributed by atoms with Gasteiger partial charge in [0.1, 0.15) is 5.82 Å². The fourth-order valence-electron chi connectivity index (χ4n) is 1.80. The van der Waals surface area contributed by atoms with Crippen molar-refractivity contribution in [1.82, 2.24) is 14.9 Å². The number of amides is 1. The highest BCUT2D eigenvalue weighted by Gasteiger charge is 2.13. The Bertz CT molecular complexity index is 512. The average Bonchev–Trinajstić information content (AvgIpc) is 2.65. The molecule has 1 N–H and O–H groups in total. The molecule has 0 saturated carbocycles. The molecule has 1 amide bonds. The van der Waals surface area contributed by atoms with Crippen molar-refractivity contribution in [2.45, 2.75) is 26.3 Å². The van der Waals surface area contributed by atoms with Crippen LogP contribution < -0.4 is 5.32 Å². The van der Waals surface area contributed by atoms with Crippen LogP contribution in [0.5, 0.6) is 0 Å². The monoisotopic (exact) mass is 259 g/mol. The van der Waals surface area contributed by atoms with Gasteiger partial charge in [0.25, 0.3) is 0 Å². The zero-order valence-corrected chi connectivity index (χ0v) is 11.7. The summed E-state index contributed by atoms with van der Waals surface area (Å²) in [5.41, 5.74) is 2.58. The first-order valence-electron chi connectivity index (χ1n) is 6.20. The Morgan fingerprint density at radius 2 is 2.00 bits per heavy atom. The molecule has 0 spiro atoms. The van der Waals surface area contributed by atoms with Crippen molar-refractivity contribution in [3.63, 3.8) is 0 Å². The molecular formula is C15H21N3O. The molecule has 1 aromatic rings. The summed E-state index contributed by atoms with van der Waals surface area (Å²) < 4.78 is 2.00. The molecule has 0 radical (unpaired) electrons. The van der Waals surface area contributed by atoms with E-state index < -0.39 is 0 Å². The fraction of sp³-hybridized carbons (Fsp3) is 0.333. The Hall–Kier alpha value is -2.10. The minimum absolute atomic E-state index is 0.154. The van der Waals surface area contributed by atoms with Crippen molar-refractivity contribution in [2.75, 3.05) is 0 Å². The quantitative estimate of drug-likeness (QED) is 0.602. The normalized spacial score (nSPS) is 10.0. The summed E-state index contributed by atoms with van der Waals surface area (Å²) >= 11 is 0. The van der Waals surface area contributed by atoms with Crippen LogP contribution in [0, 0.1) is 0 Å². The molecule has 0 saturated heterocycles. The van der Waals surface area contributed by atoms with Crippen LogP contribution in [0.2, 0.25) is 0 Å². The standard InChI is InChI=1S/C15H21N3O/c1-6-8-12-13(9-7-2)18(5)14(17-12)10-16-15(19)11(3)4/h6-7H,1-3,8-10H2,4-5H3,(H,16,19). The third kappa shape index (κ3) is 3.68. The van der Waals surface area contributed by atoms with Crippen molar-refractivity contribution in [2.24, 2.45) is 7.05 Å². The number of hydrogen-bond acceptors (Lipinski definition) is 2. The smallest absolute Gasteiger partial charge is 0.246 e. The first-order valence-corrected chi connectivity index (χ1v) is 6.20. The van der Waals surface area contributed by atoms with Gasteiger partial charge in [-0.2, -0.15) is 0 Å². The number of rotatable bonds is 7. The van der Waals surface area contributed by atoms with Crippen LogP contribution in [0.4, 0.5) is 0 Å². The number of hydrogen-bond donors (Lipinski definition) is 1. The van der Waals surface area contributed by atoms with Crippen LogP contribution in [0.15, 0.2) is 37.5 Å². The molecule has 0 bridgehead atoms. The van der Waals surface area contributed by atoms with E-state index in [0.717, 1.165) is 23.6 Å². The van der Waals surface area contributed by atoms with Crippen LogP contribution in [-0.4, -0.2) is 15.5 Å². The van der Waals surface area contributed by atoms with Gasteiger partial charge in [0.05, 0.1) is 12.2 Å². The zero-order valence-electron chi connectivity index (χ0n) is 11.7. The van der Waals surface area contributed by atoms with Gasteiger partial charge in [0, 0.05) is 31.2 Å². The second-order valence-corrected chi connectivity index (χ2v) is 4.43. The van der Waals surface area contributed by atoms with Crippen molar-refractivity contribution in [3.8, 4) is 0 Å². The number of carbonyl (C=O) groups is 1. The van der Waals surface area contributed by atoms with Crippen LogP contribution in [0.1, 0.15) is 24.1 Å². The van der Waals surface area contributed by atoms with Crippen LogP contribution >= 0.6 is 0 Å². The molecular weight excluding hydrogens is 238 g/mol. The molecule has 4 heteroatoms. The maximum Gasteiger partial charge on any atom is 0.246 e. The van der Waals surface area contributed by atoms with Gasteiger partial charge in [-0.05, 0) is 6.92 Å². The van der Waals surface area contributed by atoms with E-state index in [9.17, 15) is 4.79 Å². The predicted molar refractivity (Wildman–Crippen MR) is 77.7 cm³/mol.